The summed E-state index contributed by atoms with van der Waals surface area (Å²) in [6, 6.07) is 5.29. The molecule has 3 N–H and O–H groups in total. The Kier molecular flexibility index (Phi) is 5.58. The third kappa shape index (κ3) is 4.11. The number of H-pyrrole nitrogens is 1. The molecule has 25 heavy (non-hydrogen) atoms. The molecule has 3 rings (SSSR count). The van der Waals surface area contributed by atoms with E-state index < -0.39 is 5.67 Å². The van der Waals surface area contributed by atoms with Gasteiger partial charge in [-0.05, 0) is 12.1 Å². The standard InChI is InChI=1S/C16H17Cl2FN4OS/c17-10-2-1-3-11(13(10)18)25-12-8-21-14(15(24)22-12)23-6-4-16(19,9-20)5-7-23/h1-3,8H,4-7,9,20H2,(H,22,24). The van der Waals surface area contributed by atoms with Gasteiger partial charge in [-0.1, -0.05) is 41.0 Å². The van der Waals surface area contributed by atoms with Crippen LogP contribution in [-0.2, 0) is 0 Å². The van der Waals surface area contributed by atoms with Crippen molar-refractivity contribution in [2.24, 2.45) is 5.73 Å². The van der Waals surface area contributed by atoms with E-state index in [1.807, 2.05) is 6.07 Å². The zero-order valence-electron chi connectivity index (χ0n) is 13.3. The van der Waals surface area contributed by atoms with Crippen LogP contribution in [0.5, 0.6) is 0 Å². The van der Waals surface area contributed by atoms with Crippen LogP contribution in [-0.4, -0.2) is 35.3 Å². The van der Waals surface area contributed by atoms with Gasteiger partial charge in [0.15, 0.2) is 5.82 Å². The molecule has 1 aliphatic heterocycles. The van der Waals surface area contributed by atoms with Crippen LogP contribution >= 0.6 is 35.0 Å². The Labute approximate surface area is 158 Å². The lowest BCUT2D eigenvalue weighted by Crippen LogP contribution is -2.47. The van der Waals surface area contributed by atoms with Gasteiger partial charge < -0.3 is 15.6 Å². The summed E-state index contributed by atoms with van der Waals surface area (Å²) in [5.41, 5.74) is 3.81. The molecule has 0 radical (unpaired) electrons. The molecule has 2 aromatic rings. The first-order chi connectivity index (χ1) is 11.9. The fourth-order valence-corrected chi connectivity index (χ4v) is 3.96. The SMILES string of the molecule is NCC1(F)CCN(c2ncc(Sc3cccc(Cl)c3Cl)[nH]c2=O)CC1. The van der Waals surface area contributed by atoms with Crippen molar-refractivity contribution in [1.82, 2.24) is 9.97 Å². The number of anilines is 1. The molecule has 2 heterocycles. The number of piperidine rings is 1. The van der Waals surface area contributed by atoms with Crippen molar-refractivity contribution in [1.29, 1.82) is 0 Å². The Morgan fingerprint density at radius 2 is 2.08 bits per heavy atom. The van der Waals surface area contributed by atoms with Gasteiger partial charge in [0.05, 0.1) is 21.3 Å². The number of nitrogens with one attached hydrogen (secondary N) is 1. The van der Waals surface area contributed by atoms with E-state index >= 15 is 0 Å². The van der Waals surface area contributed by atoms with Gasteiger partial charge in [-0.15, -0.1) is 0 Å². The zero-order chi connectivity index (χ0) is 18.0. The van der Waals surface area contributed by atoms with Crippen LogP contribution in [0.3, 0.4) is 0 Å². The predicted octanol–water partition coefficient (Wildman–Crippen LogP) is 3.50. The summed E-state index contributed by atoms with van der Waals surface area (Å²) >= 11 is 13.4. The normalized spacial score (nSPS) is 16.9. The summed E-state index contributed by atoms with van der Waals surface area (Å²) < 4.78 is 14.2. The summed E-state index contributed by atoms with van der Waals surface area (Å²) in [6.07, 6.45) is 2.15. The van der Waals surface area contributed by atoms with E-state index in [1.165, 1.54) is 11.8 Å². The summed E-state index contributed by atoms with van der Waals surface area (Å²) in [7, 11) is 0. The van der Waals surface area contributed by atoms with E-state index in [9.17, 15) is 9.18 Å². The minimum Gasteiger partial charge on any atom is -0.352 e. The lowest BCUT2D eigenvalue weighted by atomic mass is 9.93. The molecule has 9 heteroatoms. The Bertz CT molecular complexity index is 824. The van der Waals surface area contributed by atoms with Gasteiger partial charge in [-0.25, -0.2) is 9.37 Å². The topological polar surface area (TPSA) is 75.0 Å². The smallest absolute Gasteiger partial charge is 0.291 e. The lowest BCUT2D eigenvalue weighted by Gasteiger charge is -2.35. The first-order valence-corrected chi connectivity index (χ1v) is 9.34. The molecule has 0 bridgehead atoms. The number of nitrogens with zero attached hydrogens (tertiary/aromatic N) is 2. The van der Waals surface area contributed by atoms with Gasteiger partial charge in [0.25, 0.3) is 5.56 Å². The maximum atomic E-state index is 14.2. The molecule has 0 spiro atoms. The van der Waals surface area contributed by atoms with Crippen LogP contribution in [0.4, 0.5) is 10.2 Å². The molecular formula is C16H17Cl2FN4OS. The molecule has 5 nitrogen and oxygen atoms in total. The average Bonchev–Trinajstić information content (AvgIpc) is 2.60. The second-order valence-corrected chi connectivity index (χ2v) is 7.77. The summed E-state index contributed by atoms with van der Waals surface area (Å²) in [5, 5.41) is 1.43. The number of benzene rings is 1. The number of hydrogen-bond acceptors (Lipinski definition) is 5. The molecule has 0 amide bonds. The first kappa shape index (κ1) is 18.5. The van der Waals surface area contributed by atoms with Crippen molar-refractivity contribution in [3.63, 3.8) is 0 Å². The Hall–Kier alpha value is -1.28. The number of hydrogen-bond donors (Lipinski definition) is 2. The minimum absolute atomic E-state index is 0.000593. The maximum Gasteiger partial charge on any atom is 0.291 e. The summed E-state index contributed by atoms with van der Waals surface area (Å²) in [6.45, 7) is 0.827. The molecule has 1 aromatic heterocycles. The third-order valence-corrected chi connectivity index (χ3v) is 6.12. The van der Waals surface area contributed by atoms with E-state index in [-0.39, 0.29) is 12.1 Å². The molecule has 0 aliphatic carbocycles. The van der Waals surface area contributed by atoms with Crippen molar-refractivity contribution in [2.75, 3.05) is 24.5 Å². The van der Waals surface area contributed by atoms with Crippen LogP contribution in [0.25, 0.3) is 0 Å². The number of aromatic amines is 1. The van der Waals surface area contributed by atoms with Crippen molar-refractivity contribution >= 4 is 40.8 Å². The number of aromatic nitrogens is 2. The fraction of sp³-hybridized carbons (Fsp3) is 0.375. The van der Waals surface area contributed by atoms with Crippen LogP contribution in [0.1, 0.15) is 12.8 Å². The van der Waals surface area contributed by atoms with Crippen LogP contribution in [0.15, 0.2) is 39.1 Å². The van der Waals surface area contributed by atoms with Gasteiger partial charge in [0, 0.05) is 37.4 Å². The van der Waals surface area contributed by atoms with Crippen molar-refractivity contribution in [3.05, 3.63) is 44.8 Å². The van der Waals surface area contributed by atoms with E-state index in [0.717, 1.165) is 4.90 Å². The highest BCUT2D eigenvalue weighted by molar-refractivity contribution is 7.99. The first-order valence-electron chi connectivity index (χ1n) is 7.77. The van der Waals surface area contributed by atoms with E-state index in [2.05, 4.69) is 9.97 Å². The molecule has 134 valence electrons. The van der Waals surface area contributed by atoms with Gasteiger partial charge >= 0.3 is 0 Å². The van der Waals surface area contributed by atoms with E-state index in [0.29, 0.717) is 46.8 Å². The third-order valence-electron chi connectivity index (χ3n) is 4.20. The highest BCUT2D eigenvalue weighted by atomic mass is 35.5. The lowest BCUT2D eigenvalue weighted by molar-refractivity contribution is 0.135. The van der Waals surface area contributed by atoms with Crippen LogP contribution < -0.4 is 16.2 Å². The van der Waals surface area contributed by atoms with Crippen LogP contribution in [0.2, 0.25) is 10.0 Å². The Morgan fingerprint density at radius 1 is 1.36 bits per heavy atom. The molecule has 0 atom stereocenters. The molecular weight excluding hydrogens is 386 g/mol. The molecule has 1 aromatic carbocycles. The van der Waals surface area contributed by atoms with Gasteiger partial charge in [-0.2, -0.15) is 0 Å². The minimum atomic E-state index is -1.34. The second kappa shape index (κ2) is 7.53. The van der Waals surface area contributed by atoms with E-state index in [1.54, 1.807) is 23.2 Å². The molecule has 0 unspecified atom stereocenters. The largest absolute Gasteiger partial charge is 0.352 e. The molecule has 0 saturated carbocycles. The van der Waals surface area contributed by atoms with Crippen molar-refractivity contribution < 1.29 is 4.39 Å². The molecule has 1 saturated heterocycles. The number of rotatable bonds is 4. The zero-order valence-corrected chi connectivity index (χ0v) is 15.6. The van der Waals surface area contributed by atoms with Crippen molar-refractivity contribution in [3.8, 4) is 0 Å². The highest BCUT2D eigenvalue weighted by Crippen LogP contribution is 2.36. The number of halogens is 3. The highest BCUT2D eigenvalue weighted by Gasteiger charge is 2.34. The molecule has 1 fully saturated rings. The van der Waals surface area contributed by atoms with Gasteiger partial charge in [-0.3, -0.25) is 4.79 Å². The average molecular weight is 403 g/mol. The van der Waals surface area contributed by atoms with E-state index in [4.69, 9.17) is 28.9 Å². The maximum absolute atomic E-state index is 14.2. The molecule has 1 aliphatic rings. The number of nitrogens with two attached hydrogens (primary N) is 1. The van der Waals surface area contributed by atoms with Crippen LogP contribution in [0, 0.1) is 0 Å². The Morgan fingerprint density at radius 3 is 2.72 bits per heavy atom. The second-order valence-electron chi connectivity index (χ2n) is 5.90. The summed E-state index contributed by atoms with van der Waals surface area (Å²) in [4.78, 5) is 21.9. The quantitative estimate of drug-likeness (QED) is 0.818. The Balaban J connectivity index is 1.76. The van der Waals surface area contributed by atoms with Crippen molar-refractivity contribution in [2.45, 2.75) is 28.4 Å². The van der Waals surface area contributed by atoms with Gasteiger partial charge in [0.2, 0.25) is 0 Å². The number of alkyl halides is 1. The predicted molar refractivity (Wildman–Crippen MR) is 99.8 cm³/mol. The van der Waals surface area contributed by atoms with Gasteiger partial charge in [0.1, 0.15) is 5.67 Å². The fourth-order valence-electron chi connectivity index (χ4n) is 2.66. The monoisotopic (exact) mass is 402 g/mol. The summed E-state index contributed by atoms with van der Waals surface area (Å²) in [5.74, 6) is 0.292.